The van der Waals surface area contributed by atoms with Crippen molar-refractivity contribution in [1.82, 2.24) is 0 Å². The summed E-state index contributed by atoms with van der Waals surface area (Å²) in [5, 5.41) is 10.6. The van der Waals surface area contributed by atoms with Crippen molar-refractivity contribution in [2.45, 2.75) is 354 Å². The fourth-order valence-electron chi connectivity index (χ4n) is 10.5. The quantitative estimate of drug-likeness (QED) is 0.0169. The van der Waals surface area contributed by atoms with Crippen LogP contribution in [-0.4, -0.2) is 96.7 Å². The lowest BCUT2D eigenvalue weighted by atomic mass is 10.0. The van der Waals surface area contributed by atoms with Gasteiger partial charge in [0.2, 0.25) is 0 Å². The Morgan fingerprint density at radius 2 is 0.571 bits per heavy atom. The minimum Gasteiger partial charge on any atom is -0.462 e. The Kier molecular flexibility index (Phi) is 68.9. The zero-order valence-electron chi connectivity index (χ0n) is 62.0. The molecule has 0 rings (SSSR count). The van der Waals surface area contributed by atoms with Crippen molar-refractivity contribution in [3.05, 3.63) is 85.1 Å². The van der Waals surface area contributed by atoms with Crippen molar-refractivity contribution >= 4 is 39.5 Å². The number of aliphatic hydroxyl groups excluding tert-OH is 1. The average Bonchev–Trinajstić information content (AvgIpc) is 1.04. The summed E-state index contributed by atoms with van der Waals surface area (Å²) in [6.07, 6.45) is 73.1. The number of carbonyl (C=O) groups excluding carboxylic acids is 4. The molecule has 0 bridgehead atoms. The highest BCUT2D eigenvalue weighted by Gasteiger charge is 2.30. The third-order valence-electron chi connectivity index (χ3n) is 16.4. The van der Waals surface area contributed by atoms with Gasteiger partial charge in [-0.25, -0.2) is 9.13 Å². The van der Waals surface area contributed by atoms with Crippen LogP contribution in [0.1, 0.15) is 336 Å². The summed E-state index contributed by atoms with van der Waals surface area (Å²) in [4.78, 5) is 72.8. The molecule has 17 nitrogen and oxygen atoms in total. The van der Waals surface area contributed by atoms with Gasteiger partial charge in [0, 0.05) is 19.3 Å². The summed E-state index contributed by atoms with van der Waals surface area (Å²) in [7, 11) is -9.96. The van der Waals surface area contributed by atoms with E-state index in [1.807, 2.05) is 18.2 Å². The van der Waals surface area contributed by atoms with Crippen molar-refractivity contribution < 1.29 is 80.2 Å². The molecule has 0 saturated carbocycles. The molecule has 0 heterocycles. The lowest BCUT2D eigenvalue weighted by Gasteiger charge is -2.21. The SMILES string of the molecule is CC/C=C\C/C=C\C/C=C\C/C=C\C/C=C\CC(=O)OCC(COP(=O)(O)OCC(O)COP(=O)(O)OCC(COC(=O)CCCCCCC/C=C\C/C=C\CCCCC)OC(=O)CCCCCCCCCCCCCCC)OC(=O)CCCCCCCCCCCCCCCCC. The zero-order chi connectivity index (χ0) is 71.8. The van der Waals surface area contributed by atoms with Gasteiger partial charge in [-0.15, -0.1) is 0 Å². The number of carbonyl (C=O) groups is 4. The first kappa shape index (κ1) is 94.2. The first-order valence-electron chi connectivity index (χ1n) is 38.8. The highest BCUT2D eigenvalue weighted by atomic mass is 31.2. The van der Waals surface area contributed by atoms with Gasteiger partial charge in [-0.05, 0) is 83.5 Å². The second-order valence-electron chi connectivity index (χ2n) is 25.9. The molecule has 0 aromatic rings. The summed E-state index contributed by atoms with van der Waals surface area (Å²) in [6, 6.07) is 0. The molecular formula is C79H140O17P2. The molecular weight excluding hydrogens is 1280 g/mol. The molecule has 5 atom stereocenters. The van der Waals surface area contributed by atoms with Gasteiger partial charge in [0.1, 0.15) is 19.3 Å². The molecule has 0 aromatic heterocycles. The predicted octanol–water partition coefficient (Wildman–Crippen LogP) is 22.2. The van der Waals surface area contributed by atoms with Crippen LogP contribution in [0.4, 0.5) is 0 Å². The number of hydrogen-bond donors (Lipinski definition) is 3. The lowest BCUT2D eigenvalue weighted by Crippen LogP contribution is -2.30. The molecule has 5 unspecified atom stereocenters. The van der Waals surface area contributed by atoms with Gasteiger partial charge in [0.25, 0.3) is 0 Å². The Bertz CT molecular complexity index is 2190. The van der Waals surface area contributed by atoms with Crippen LogP contribution >= 0.6 is 15.6 Å². The minimum atomic E-state index is -4.99. The Morgan fingerprint density at radius 1 is 0.306 bits per heavy atom. The van der Waals surface area contributed by atoms with E-state index in [-0.39, 0.29) is 25.7 Å². The maximum absolute atomic E-state index is 13.1. The number of ether oxygens (including phenoxy) is 4. The number of aliphatic hydroxyl groups is 1. The van der Waals surface area contributed by atoms with Crippen molar-refractivity contribution in [2.24, 2.45) is 0 Å². The van der Waals surface area contributed by atoms with Crippen LogP contribution in [0.3, 0.4) is 0 Å². The van der Waals surface area contributed by atoms with Gasteiger partial charge in [0.15, 0.2) is 12.2 Å². The van der Waals surface area contributed by atoms with Crippen molar-refractivity contribution in [1.29, 1.82) is 0 Å². The van der Waals surface area contributed by atoms with E-state index >= 15 is 0 Å². The van der Waals surface area contributed by atoms with Crippen LogP contribution in [0.5, 0.6) is 0 Å². The van der Waals surface area contributed by atoms with Crippen LogP contribution < -0.4 is 0 Å². The molecule has 3 N–H and O–H groups in total. The van der Waals surface area contributed by atoms with E-state index in [2.05, 4.69) is 88.5 Å². The molecule has 568 valence electrons. The average molecular weight is 1420 g/mol. The third kappa shape index (κ3) is 70.7. The fourth-order valence-corrected chi connectivity index (χ4v) is 12.1. The summed E-state index contributed by atoms with van der Waals surface area (Å²) < 4.78 is 68.4. The Morgan fingerprint density at radius 3 is 0.929 bits per heavy atom. The van der Waals surface area contributed by atoms with Crippen LogP contribution in [0.25, 0.3) is 0 Å². The molecule has 0 fully saturated rings. The maximum Gasteiger partial charge on any atom is 0.472 e. The number of unbranched alkanes of at least 4 members (excludes halogenated alkanes) is 34. The second kappa shape index (κ2) is 71.6. The molecule has 0 aliphatic carbocycles. The van der Waals surface area contributed by atoms with E-state index in [1.165, 1.54) is 135 Å². The lowest BCUT2D eigenvalue weighted by molar-refractivity contribution is -0.161. The molecule has 0 amide bonds. The van der Waals surface area contributed by atoms with E-state index < -0.39 is 97.5 Å². The number of phosphoric ester groups is 2. The number of esters is 4. The molecule has 0 aliphatic heterocycles. The van der Waals surface area contributed by atoms with Gasteiger partial charge in [-0.3, -0.25) is 37.3 Å². The standard InChI is InChI=1S/C79H140O17P2/c1-5-9-13-17-21-25-29-33-36-40-43-47-51-55-59-63-76(81)89-69-74(95-78(83)65-61-57-53-49-45-39-32-28-24-20-16-12-8-4)71-93-97(85,86)91-67-73(80)68-92-98(87,88)94-72-75(96-79(84)66-62-58-54-50-46-42-38-35-31-27-23-19-15-11-7-3)70-90-77(82)64-60-56-52-48-44-41-37-34-30-26-22-18-14-10-6-2/h10,14,21-22,25-26,33-34,36-37,44,48,56,60,73-75,80H,5-9,11-13,15-20,23-24,27-32,35,38-43,45-47,49-55,57-59,61-72H2,1-4H3,(H,85,86)(H,87,88)/b14-10-,25-21-,26-22-,36-33-,37-34-,48-44-,60-56-. The van der Waals surface area contributed by atoms with E-state index in [9.17, 15) is 43.2 Å². The van der Waals surface area contributed by atoms with Gasteiger partial charge < -0.3 is 33.8 Å². The van der Waals surface area contributed by atoms with Gasteiger partial charge in [-0.1, -0.05) is 312 Å². The number of rotatable bonds is 73. The van der Waals surface area contributed by atoms with E-state index in [0.717, 1.165) is 122 Å². The minimum absolute atomic E-state index is 0.0675. The molecule has 0 aliphatic rings. The van der Waals surface area contributed by atoms with Crippen molar-refractivity contribution in [3.8, 4) is 0 Å². The topological polar surface area (TPSA) is 237 Å². The number of hydrogen-bond acceptors (Lipinski definition) is 15. The summed E-state index contributed by atoms with van der Waals surface area (Å²) in [5.41, 5.74) is 0. The molecule has 0 aromatic carbocycles. The molecule has 0 saturated heterocycles. The van der Waals surface area contributed by atoms with Gasteiger partial charge >= 0.3 is 39.5 Å². The Hall–Kier alpha value is -3.76. The molecule has 19 heteroatoms. The normalized spacial score (nSPS) is 14.4. The van der Waals surface area contributed by atoms with Crippen molar-refractivity contribution in [2.75, 3.05) is 39.6 Å². The number of phosphoric acid groups is 2. The predicted molar refractivity (Wildman–Crippen MR) is 399 cm³/mol. The summed E-state index contributed by atoms with van der Waals surface area (Å²) in [5.74, 6) is -2.31. The first-order valence-corrected chi connectivity index (χ1v) is 41.8. The first-order chi connectivity index (χ1) is 47.7. The largest absolute Gasteiger partial charge is 0.472 e. The smallest absolute Gasteiger partial charge is 0.462 e. The van der Waals surface area contributed by atoms with Crippen LogP contribution in [0.2, 0.25) is 0 Å². The Labute approximate surface area is 595 Å². The molecule has 0 radical (unpaired) electrons. The Balaban J connectivity index is 5.39. The third-order valence-corrected chi connectivity index (χ3v) is 18.3. The summed E-state index contributed by atoms with van der Waals surface area (Å²) in [6.45, 7) is 4.65. The molecule has 0 spiro atoms. The van der Waals surface area contributed by atoms with Crippen LogP contribution in [0, 0.1) is 0 Å². The fraction of sp³-hybridized carbons (Fsp3) is 0.772. The van der Waals surface area contributed by atoms with E-state index in [1.54, 1.807) is 6.08 Å². The van der Waals surface area contributed by atoms with Crippen LogP contribution in [0.15, 0.2) is 85.1 Å². The van der Waals surface area contributed by atoms with Crippen molar-refractivity contribution in [3.63, 3.8) is 0 Å². The van der Waals surface area contributed by atoms with E-state index in [0.29, 0.717) is 25.7 Å². The molecule has 98 heavy (non-hydrogen) atoms. The second-order valence-corrected chi connectivity index (χ2v) is 28.9. The highest BCUT2D eigenvalue weighted by molar-refractivity contribution is 7.47. The summed E-state index contributed by atoms with van der Waals surface area (Å²) >= 11 is 0. The van der Waals surface area contributed by atoms with E-state index in [4.69, 9.17) is 37.0 Å². The zero-order valence-corrected chi connectivity index (χ0v) is 63.7. The van der Waals surface area contributed by atoms with Crippen LogP contribution in [-0.2, 0) is 65.4 Å². The maximum atomic E-state index is 13.1. The highest BCUT2D eigenvalue weighted by Crippen LogP contribution is 2.45. The van der Waals surface area contributed by atoms with Gasteiger partial charge in [0.05, 0.1) is 32.8 Å². The van der Waals surface area contributed by atoms with Gasteiger partial charge in [-0.2, -0.15) is 0 Å². The monoisotopic (exact) mass is 1420 g/mol. The number of allylic oxidation sites excluding steroid dienone is 13.